The number of anilines is 1. The molecule has 0 spiro atoms. The Kier molecular flexibility index (Phi) is 6.36. The first-order chi connectivity index (χ1) is 14.3. The fourth-order valence-corrected chi connectivity index (χ4v) is 2.61. The molecule has 3 heterocycles. The lowest BCUT2D eigenvalue weighted by molar-refractivity contribution is -0.122. The summed E-state index contributed by atoms with van der Waals surface area (Å²) in [4.78, 5) is 36.5. The number of carbonyl (C=O) groups is 2. The van der Waals surface area contributed by atoms with Gasteiger partial charge in [-0.05, 0) is 38.1 Å². The normalized spacial score (nSPS) is 10.6. The summed E-state index contributed by atoms with van der Waals surface area (Å²) < 4.78 is 6.00. The standard InChI is InChI=1S/C22H23N5O3/c1-13(2)21(28)27-22(29)26-20-8-7-19(15(4)25-20)30-17-10-14(3)24-18(11-17)16-6-5-9-23-12-16/h5-13H,1-4H3,(H2,25,26,27,28,29). The Morgan fingerprint density at radius 1 is 1.07 bits per heavy atom. The number of imide groups is 1. The van der Waals surface area contributed by atoms with Crippen LogP contribution in [-0.4, -0.2) is 26.9 Å². The van der Waals surface area contributed by atoms with Crippen LogP contribution in [0.15, 0.2) is 48.8 Å². The predicted molar refractivity (Wildman–Crippen MR) is 113 cm³/mol. The monoisotopic (exact) mass is 405 g/mol. The lowest BCUT2D eigenvalue weighted by Crippen LogP contribution is -2.37. The molecule has 30 heavy (non-hydrogen) atoms. The highest BCUT2D eigenvalue weighted by atomic mass is 16.5. The first kappa shape index (κ1) is 20.9. The van der Waals surface area contributed by atoms with Crippen LogP contribution in [0.3, 0.4) is 0 Å². The van der Waals surface area contributed by atoms with Gasteiger partial charge in [0.2, 0.25) is 5.91 Å². The van der Waals surface area contributed by atoms with Crippen LogP contribution in [-0.2, 0) is 4.79 Å². The summed E-state index contributed by atoms with van der Waals surface area (Å²) in [6, 6.07) is 10.1. The van der Waals surface area contributed by atoms with E-state index in [1.807, 2.05) is 31.2 Å². The third-order valence-electron chi connectivity index (χ3n) is 4.15. The zero-order valence-electron chi connectivity index (χ0n) is 17.3. The van der Waals surface area contributed by atoms with Gasteiger partial charge in [0.05, 0.1) is 11.4 Å². The second kappa shape index (κ2) is 9.13. The minimum absolute atomic E-state index is 0.290. The van der Waals surface area contributed by atoms with E-state index in [-0.39, 0.29) is 11.8 Å². The Bertz CT molecular complexity index is 1070. The van der Waals surface area contributed by atoms with Crippen LogP contribution < -0.4 is 15.4 Å². The van der Waals surface area contributed by atoms with E-state index in [0.717, 1.165) is 17.0 Å². The second-order valence-corrected chi connectivity index (χ2v) is 7.05. The van der Waals surface area contributed by atoms with Gasteiger partial charge in [0.15, 0.2) is 0 Å². The maximum absolute atomic E-state index is 11.9. The molecule has 3 aromatic rings. The van der Waals surface area contributed by atoms with Crippen LogP contribution in [0, 0.1) is 19.8 Å². The molecule has 0 fully saturated rings. The molecule has 3 rings (SSSR count). The number of hydrogen-bond donors (Lipinski definition) is 2. The average molecular weight is 405 g/mol. The van der Waals surface area contributed by atoms with Gasteiger partial charge in [-0.25, -0.2) is 9.78 Å². The smallest absolute Gasteiger partial charge is 0.327 e. The number of nitrogens with one attached hydrogen (secondary N) is 2. The molecule has 2 N–H and O–H groups in total. The maximum Gasteiger partial charge on any atom is 0.327 e. The quantitative estimate of drug-likeness (QED) is 0.657. The van der Waals surface area contributed by atoms with E-state index in [9.17, 15) is 9.59 Å². The van der Waals surface area contributed by atoms with Crippen LogP contribution in [0.4, 0.5) is 10.6 Å². The number of pyridine rings is 3. The summed E-state index contributed by atoms with van der Waals surface area (Å²) in [7, 11) is 0. The third kappa shape index (κ3) is 5.38. The Hall–Kier alpha value is -3.81. The van der Waals surface area contributed by atoms with Gasteiger partial charge < -0.3 is 4.74 Å². The van der Waals surface area contributed by atoms with Crippen molar-refractivity contribution in [3.63, 3.8) is 0 Å². The summed E-state index contributed by atoms with van der Waals surface area (Å²) in [5.74, 6) is 0.827. The number of ether oxygens (including phenoxy) is 1. The number of hydrogen-bond acceptors (Lipinski definition) is 6. The fraction of sp³-hybridized carbons (Fsp3) is 0.227. The van der Waals surface area contributed by atoms with Gasteiger partial charge in [-0.15, -0.1) is 0 Å². The fourth-order valence-electron chi connectivity index (χ4n) is 2.61. The van der Waals surface area contributed by atoms with Crippen LogP contribution >= 0.6 is 0 Å². The summed E-state index contributed by atoms with van der Waals surface area (Å²) in [5.41, 5.74) is 3.04. The van der Waals surface area contributed by atoms with Crippen molar-refractivity contribution in [1.29, 1.82) is 0 Å². The molecular formula is C22H23N5O3. The van der Waals surface area contributed by atoms with Crippen molar-refractivity contribution in [2.24, 2.45) is 5.92 Å². The average Bonchev–Trinajstić information content (AvgIpc) is 2.70. The van der Waals surface area contributed by atoms with E-state index < -0.39 is 6.03 Å². The summed E-state index contributed by atoms with van der Waals surface area (Å²) in [5, 5.41) is 4.80. The lowest BCUT2D eigenvalue weighted by atomic mass is 10.2. The molecule has 0 unspecified atom stereocenters. The van der Waals surface area contributed by atoms with Crippen molar-refractivity contribution in [3.8, 4) is 22.8 Å². The Morgan fingerprint density at radius 2 is 1.87 bits per heavy atom. The van der Waals surface area contributed by atoms with Gasteiger partial charge in [0, 0.05) is 41.7 Å². The Balaban J connectivity index is 1.74. The van der Waals surface area contributed by atoms with Crippen molar-refractivity contribution >= 4 is 17.8 Å². The molecule has 0 saturated heterocycles. The minimum Gasteiger partial charge on any atom is -0.455 e. The molecule has 3 aromatic heterocycles. The van der Waals surface area contributed by atoms with E-state index in [1.54, 1.807) is 45.3 Å². The van der Waals surface area contributed by atoms with Gasteiger partial charge in [-0.2, -0.15) is 0 Å². The van der Waals surface area contributed by atoms with E-state index in [0.29, 0.717) is 23.0 Å². The predicted octanol–water partition coefficient (Wildman–Crippen LogP) is 4.25. The number of rotatable bonds is 5. The van der Waals surface area contributed by atoms with Crippen molar-refractivity contribution in [2.75, 3.05) is 5.32 Å². The van der Waals surface area contributed by atoms with E-state index in [2.05, 4.69) is 25.6 Å². The number of nitrogens with zero attached hydrogens (tertiary/aromatic N) is 3. The SMILES string of the molecule is Cc1cc(Oc2ccc(NC(=O)NC(=O)C(C)C)nc2C)cc(-c2cccnc2)n1. The minimum atomic E-state index is -0.625. The summed E-state index contributed by atoms with van der Waals surface area (Å²) in [6.07, 6.45) is 3.45. The third-order valence-corrected chi connectivity index (χ3v) is 4.15. The van der Waals surface area contributed by atoms with Crippen LogP contribution in [0.2, 0.25) is 0 Å². The molecule has 0 aliphatic rings. The van der Waals surface area contributed by atoms with Gasteiger partial charge in [0.1, 0.15) is 17.3 Å². The van der Waals surface area contributed by atoms with E-state index in [4.69, 9.17) is 4.74 Å². The molecule has 154 valence electrons. The molecule has 0 aliphatic heterocycles. The summed E-state index contributed by atoms with van der Waals surface area (Å²) in [6.45, 7) is 7.07. The largest absolute Gasteiger partial charge is 0.455 e. The van der Waals surface area contributed by atoms with Crippen molar-refractivity contribution in [1.82, 2.24) is 20.3 Å². The molecule has 0 atom stereocenters. The van der Waals surface area contributed by atoms with Gasteiger partial charge >= 0.3 is 6.03 Å². The molecule has 8 heteroatoms. The molecule has 3 amide bonds. The highest BCUT2D eigenvalue weighted by Crippen LogP contribution is 2.28. The molecular weight excluding hydrogens is 382 g/mol. The van der Waals surface area contributed by atoms with E-state index >= 15 is 0 Å². The molecule has 0 saturated carbocycles. The first-order valence-electron chi connectivity index (χ1n) is 9.48. The number of urea groups is 1. The Morgan fingerprint density at radius 3 is 2.53 bits per heavy atom. The molecule has 0 radical (unpaired) electrons. The van der Waals surface area contributed by atoms with Gasteiger partial charge in [-0.3, -0.25) is 25.4 Å². The molecule has 0 aromatic carbocycles. The number of carbonyl (C=O) groups excluding carboxylic acids is 2. The topological polar surface area (TPSA) is 106 Å². The first-order valence-corrected chi connectivity index (χ1v) is 9.48. The van der Waals surface area contributed by atoms with Crippen LogP contribution in [0.1, 0.15) is 25.2 Å². The zero-order chi connectivity index (χ0) is 21.7. The van der Waals surface area contributed by atoms with Crippen molar-refractivity contribution < 1.29 is 14.3 Å². The number of aromatic nitrogens is 3. The highest BCUT2D eigenvalue weighted by molar-refractivity contribution is 6.01. The van der Waals surface area contributed by atoms with Crippen molar-refractivity contribution in [3.05, 3.63) is 60.2 Å². The van der Waals surface area contributed by atoms with Crippen LogP contribution in [0.25, 0.3) is 11.3 Å². The number of amides is 3. The highest BCUT2D eigenvalue weighted by Gasteiger charge is 2.13. The molecule has 0 bridgehead atoms. The van der Waals surface area contributed by atoms with Gasteiger partial charge in [0.25, 0.3) is 0 Å². The lowest BCUT2D eigenvalue weighted by Gasteiger charge is -2.12. The zero-order valence-corrected chi connectivity index (χ0v) is 17.3. The molecule has 0 aliphatic carbocycles. The number of aryl methyl sites for hydroxylation is 2. The van der Waals surface area contributed by atoms with Gasteiger partial charge in [-0.1, -0.05) is 13.8 Å². The second-order valence-electron chi connectivity index (χ2n) is 7.05. The van der Waals surface area contributed by atoms with Crippen LogP contribution in [0.5, 0.6) is 11.5 Å². The molecule has 8 nitrogen and oxygen atoms in total. The van der Waals surface area contributed by atoms with Crippen molar-refractivity contribution in [2.45, 2.75) is 27.7 Å². The summed E-state index contributed by atoms with van der Waals surface area (Å²) >= 11 is 0. The van der Waals surface area contributed by atoms with E-state index in [1.165, 1.54) is 0 Å². The Labute approximate surface area is 174 Å². The maximum atomic E-state index is 11.9.